The summed E-state index contributed by atoms with van der Waals surface area (Å²) in [5.74, 6) is 0.149. The minimum absolute atomic E-state index is 0.149. The summed E-state index contributed by atoms with van der Waals surface area (Å²) in [4.78, 5) is 19.0. The van der Waals surface area contributed by atoms with Crippen LogP contribution in [0.1, 0.15) is 36.5 Å². The molecule has 1 amide bonds. The van der Waals surface area contributed by atoms with Crippen LogP contribution in [0.3, 0.4) is 0 Å². The van der Waals surface area contributed by atoms with Crippen LogP contribution < -0.4 is 5.32 Å². The Morgan fingerprint density at radius 1 is 1.30 bits per heavy atom. The highest BCUT2D eigenvalue weighted by molar-refractivity contribution is 5.94. The first-order valence-electron chi connectivity index (χ1n) is 8.39. The molecule has 1 aromatic carbocycles. The molecule has 122 valence electrons. The Morgan fingerprint density at radius 3 is 2.65 bits per heavy atom. The Labute approximate surface area is 137 Å². The van der Waals surface area contributed by atoms with Crippen molar-refractivity contribution in [2.45, 2.75) is 32.2 Å². The molecule has 1 fully saturated rings. The van der Waals surface area contributed by atoms with Gasteiger partial charge in [0, 0.05) is 36.2 Å². The molecular formula is C18H24N4O. The van der Waals surface area contributed by atoms with Gasteiger partial charge in [0.05, 0.1) is 6.33 Å². The Morgan fingerprint density at radius 2 is 2.04 bits per heavy atom. The molecular weight excluding hydrogens is 288 g/mol. The van der Waals surface area contributed by atoms with Crippen molar-refractivity contribution in [2.24, 2.45) is 0 Å². The number of amides is 1. The number of nitrogens with one attached hydrogen (secondary N) is 1. The van der Waals surface area contributed by atoms with E-state index in [1.165, 1.54) is 0 Å². The number of imidazole rings is 1. The summed E-state index contributed by atoms with van der Waals surface area (Å²) in [7, 11) is 0. The standard InChI is InChI=1S/C18H24N4O/c1-2-12-22(17-7-9-19-10-8-17)18(23)15-3-5-16(6-4-15)21-13-11-20-14-21/h3-6,11,13-14,17,19H,2,7-10,12H2,1H3. The molecule has 0 atom stereocenters. The van der Waals surface area contributed by atoms with Crippen molar-refractivity contribution in [1.82, 2.24) is 19.8 Å². The first kappa shape index (κ1) is 15.7. The highest BCUT2D eigenvalue weighted by Gasteiger charge is 2.25. The maximum atomic E-state index is 12.9. The fraction of sp³-hybridized carbons (Fsp3) is 0.444. The number of aromatic nitrogens is 2. The number of hydrogen-bond donors (Lipinski definition) is 1. The van der Waals surface area contributed by atoms with Gasteiger partial charge in [-0.1, -0.05) is 6.92 Å². The molecule has 0 spiro atoms. The van der Waals surface area contributed by atoms with E-state index < -0.39 is 0 Å². The zero-order chi connectivity index (χ0) is 16.1. The zero-order valence-corrected chi connectivity index (χ0v) is 13.6. The van der Waals surface area contributed by atoms with Crippen LogP contribution in [0.15, 0.2) is 43.0 Å². The van der Waals surface area contributed by atoms with Gasteiger partial charge in [-0.3, -0.25) is 4.79 Å². The second-order valence-corrected chi connectivity index (χ2v) is 6.00. The van der Waals surface area contributed by atoms with Gasteiger partial charge in [-0.05, 0) is 56.6 Å². The van der Waals surface area contributed by atoms with E-state index in [0.717, 1.165) is 50.1 Å². The second kappa shape index (κ2) is 7.42. The van der Waals surface area contributed by atoms with Crippen molar-refractivity contribution >= 4 is 5.91 Å². The SMILES string of the molecule is CCCN(C(=O)c1ccc(-n2ccnc2)cc1)C1CCNCC1. The van der Waals surface area contributed by atoms with Crippen molar-refractivity contribution < 1.29 is 4.79 Å². The number of nitrogens with zero attached hydrogens (tertiary/aromatic N) is 3. The Hall–Kier alpha value is -2.14. The maximum Gasteiger partial charge on any atom is 0.254 e. The van der Waals surface area contributed by atoms with Crippen LogP contribution in [0.5, 0.6) is 0 Å². The van der Waals surface area contributed by atoms with Crippen LogP contribution in [0.2, 0.25) is 0 Å². The molecule has 5 heteroatoms. The molecule has 2 aromatic rings. The zero-order valence-electron chi connectivity index (χ0n) is 13.6. The van der Waals surface area contributed by atoms with E-state index in [-0.39, 0.29) is 5.91 Å². The van der Waals surface area contributed by atoms with Gasteiger partial charge >= 0.3 is 0 Å². The molecule has 0 radical (unpaired) electrons. The van der Waals surface area contributed by atoms with Crippen LogP contribution in [0.4, 0.5) is 0 Å². The van der Waals surface area contributed by atoms with Gasteiger partial charge in [0.1, 0.15) is 0 Å². The van der Waals surface area contributed by atoms with E-state index in [0.29, 0.717) is 6.04 Å². The number of benzene rings is 1. The summed E-state index contributed by atoms with van der Waals surface area (Å²) in [6.07, 6.45) is 8.48. The lowest BCUT2D eigenvalue weighted by atomic mass is 10.0. The molecule has 23 heavy (non-hydrogen) atoms. The lowest BCUT2D eigenvalue weighted by Gasteiger charge is -2.34. The summed E-state index contributed by atoms with van der Waals surface area (Å²) in [5, 5.41) is 3.37. The Balaban J connectivity index is 1.76. The van der Waals surface area contributed by atoms with Gasteiger partial charge in [-0.25, -0.2) is 4.98 Å². The monoisotopic (exact) mass is 312 g/mol. The van der Waals surface area contributed by atoms with Crippen LogP contribution >= 0.6 is 0 Å². The fourth-order valence-corrected chi connectivity index (χ4v) is 3.16. The largest absolute Gasteiger partial charge is 0.336 e. The molecule has 1 saturated heterocycles. The summed E-state index contributed by atoms with van der Waals surface area (Å²) in [6.45, 7) is 4.95. The molecule has 0 aliphatic carbocycles. The summed E-state index contributed by atoms with van der Waals surface area (Å²) >= 11 is 0. The maximum absolute atomic E-state index is 12.9. The topological polar surface area (TPSA) is 50.2 Å². The Kier molecular flexibility index (Phi) is 5.08. The van der Waals surface area contributed by atoms with Crippen molar-refractivity contribution in [1.29, 1.82) is 0 Å². The predicted molar refractivity (Wildman–Crippen MR) is 90.8 cm³/mol. The van der Waals surface area contributed by atoms with Crippen molar-refractivity contribution in [2.75, 3.05) is 19.6 Å². The highest BCUT2D eigenvalue weighted by Crippen LogP contribution is 2.17. The third kappa shape index (κ3) is 3.62. The van der Waals surface area contributed by atoms with Crippen molar-refractivity contribution in [3.63, 3.8) is 0 Å². The average molecular weight is 312 g/mol. The summed E-state index contributed by atoms with van der Waals surface area (Å²) in [6, 6.07) is 8.14. The number of rotatable bonds is 5. The van der Waals surface area contributed by atoms with E-state index in [1.807, 2.05) is 35.0 Å². The second-order valence-electron chi connectivity index (χ2n) is 6.00. The van der Waals surface area contributed by atoms with Gasteiger partial charge < -0.3 is 14.8 Å². The molecule has 1 aromatic heterocycles. The van der Waals surface area contributed by atoms with Crippen LogP contribution in [-0.2, 0) is 0 Å². The number of carbonyl (C=O) groups excluding carboxylic acids is 1. The first-order valence-corrected chi connectivity index (χ1v) is 8.39. The third-order valence-electron chi connectivity index (χ3n) is 4.39. The van der Waals surface area contributed by atoms with E-state index in [1.54, 1.807) is 12.5 Å². The van der Waals surface area contributed by atoms with Gasteiger partial charge in [-0.2, -0.15) is 0 Å². The molecule has 0 bridgehead atoms. The molecule has 2 heterocycles. The molecule has 0 unspecified atom stereocenters. The lowest BCUT2D eigenvalue weighted by Crippen LogP contribution is -2.46. The van der Waals surface area contributed by atoms with Gasteiger partial charge in [0.25, 0.3) is 5.91 Å². The average Bonchev–Trinajstić information content (AvgIpc) is 3.15. The molecule has 1 aliphatic rings. The van der Waals surface area contributed by atoms with E-state index in [9.17, 15) is 4.79 Å². The quantitative estimate of drug-likeness (QED) is 0.923. The number of carbonyl (C=O) groups is 1. The number of hydrogen-bond acceptors (Lipinski definition) is 3. The number of piperidine rings is 1. The van der Waals surface area contributed by atoms with Crippen LogP contribution in [0.25, 0.3) is 5.69 Å². The normalized spacial score (nSPS) is 15.5. The lowest BCUT2D eigenvalue weighted by molar-refractivity contribution is 0.0642. The smallest absolute Gasteiger partial charge is 0.254 e. The minimum Gasteiger partial charge on any atom is -0.336 e. The molecule has 1 aliphatic heterocycles. The minimum atomic E-state index is 0.149. The van der Waals surface area contributed by atoms with Crippen LogP contribution in [-0.4, -0.2) is 46.0 Å². The van der Waals surface area contributed by atoms with E-state index >= 15 is 0 Å². The van der Waals surface area contributed by atoms with E-state index in [2.05, 4.69) is 22.1 Å². The third-order valence-corrected chi connectivity index (χ3v) is 4.39. The van der Waals surface area contributed by atoms with Gasteiger partial charge in [0.2, 0.25) is 0 Å². The predicted octanol–water partition coefficient (Wildman–Crippen LogP) is 2.48. The van der Waals surface area contributed by atoms with Crippen molar-refractivity contribution in [3.8, 4) is 5.69 Å². The fourth-order valence-electron chi connectivity index (χ4n) is 3.16. The van der Waals surface area contributed by atoms with E-state index in [4.69, 9.17) is 0 Å². The van der Waals surface area contributed by atoms with Gasteiger partial charge in [-0.15, -0.1) is 0 Å². The first-order chi connectivity index (χ1) is 11.3. The molecule has 0 saturated carbocycles. The summed E-state index contributed by atoms with van der Waals surface area (Å²) in [5.41, 5.74) is 1.78. The molecule has 3 rings (SSSR count). The molecule has 5 nitrogen and oxygen atoms in total. The van der Waals surface area contributed by atoms with Crippen molar-refractivity contribution in [3.05, 3.63) is 48.5 Å². The summed E-state index contributed by atoms with van der Waals surface area (Å²) < 4.78 is 1.94. The van der Waals surface area contributed by atoms with Gasteiger partial charge in [0.15, 0.2) is 0 Å². The molecule has 1 N–H and O–H groups in total. The Bertz CT molecular complexity index is 615. The van der Waals surface area contributed by atoms with Crippen LogP contribution in [0, 0.1) is 0 Å². The highest BCUT2D eigenvalue weighted by atomic mass is 16.2.